The van der Waals surface area contributed by atoms with Gasteiger partial charge in [0, 0.05) is 32.1 Å². The van der Waals surface area contributed by atoms with Crippen molar-refractivity contribution in [2.24, 2.45) is 17.8 Å². The van der Waals surface area contributed by atoms with Gasteiger partial charge >= 0.3 is 6.09 Å². The molecular weight excluding hydrogens is 328 g/mol. The normalized spacial score (nSPS) is 23.2. The van der Waals surface area contributed by atoms with Gasteiger partial charge in [-0.1, -0.05) is 26.7 Å². The zero-order valence-electron chi connectivity index (χ0n) is 17.4. The van der Waals surface area contributed by atoms with E-state index in [-0.39, 0.29) is 12.0 Å². The summed E-state index contributed by atoms with van der Waals surface area (Å²) in [6.07, 6.45) is 6.30. The summed E-state index contributed by atoms with van der Waals surface area (Å²) in [5.74, 6) is 1.66. The quantitative estimate of drug-likeness (QED) is 0.728. The standard InChI is InChI=1S/C21H38N2O3/c1-6-7-8-16(2)19(24)22-12-9-17(10-13-22)18-11-14-23(15-18)20(25)26-21(3,4)5/h16-18H,6-15H2,1-5H3/t16-,18+/m0/s1. The Kier molecular flexibility index (Phi) is 7.36. The highest BCUT2D eigenvalue weighted by Crippen LogP contribution is 2.33. The first-order valence-corrected chi connectivity index (χ1v) is 10.5. The van der Waals surface area contributed by atoms with Crippen LogP contribution in [0.5, 0.6) is 0 Å². The molecule has 0 bridgehead atoms. The van der Waals surface area contributed by atoms with Crippen LogP contribution in [0.1, 0.15) is 73.1 Å². The lowest BCUT2D eigenvalue weighted by molar-refractivity contribution is -0.136. The van der Waals surface area contributed by atoms with Crippen molar-refractivity contribution in [2.45, 2.75) is 78.7 Å². The molecule has 2 aliphatic rings. The third-order valence-corrected chi connectivity index (χ3v) is 5.81. The van der Waals surface area contributed by atoms with Gasteiger partial charge in [-0.15, -0.1) is 0 Å². The maximum Gasteiger partial charge on any atom is 0.410 e. The molecule has 2 fully saturated rings. The van der Waals surface area contributed by atoms with Crippen LogP contribution in [0.25, 0.3) is 0 Å². The van der Waals surface area contributed by atoms with Gasteiger partial charge in [-0.3, -0.25) is 4.79 Å². The second-order valence-electron chi connectivity index (χ2n) is 9.18. The van der Waals surface area contributed by atoms with Crippen LogP contribution in [-0.4, -0.2) is 53.6 Å². The molecule has 2 aliphatic heterocycles. The van der Waals surface area contributed by atoms with Crippen molar-refractivity contribution in [2.75, 3.05) is 26.2 Å². The lowest BCUT2D eigenvalue weighted by Crippen LogP contribution is -2.43. The van der Waals surface area contributed by atoms with Crippen LogP contribution in [0.2, 0.25) is 0 Å². The summed E-state index contributed by atoms with van der Waals surface area (Å²) in [5, 5.41) is 0. The van der Waals surface area contributed by atoms with E-state index in [0.29, 0.717) is 17.7 Å². The molecule has 2 saturated heterocycles. The summed E-state index contributed by atoms with van der Waals surface area (Å²) < 4.78 is 5.50. The number of ether oxygens (including phenoxy) is 1. The van der Waals surface area contributed by atoms with Gasteiger partial charge in [0.05, 0.1) is 0 Å². The fourth-order valence-electron chi connectivity index (χ4n) is 4.20. The molecule has 150 valence electrons. The van der Waals surface area contributed by atoms with E-state index in [0.717, 1.165) is 64.7 Å². The Balaban J connectivity index is 1.76. The largest absolute Gasteiger partial charge is 0.444 e. The first-order chi connectivity index (χ1) is 12.2. The Morgan fingerprint density at radius 3 is 2.19 bits per heavy atom. The lowest BCUT2D eigenvalue weighted by Gasteiger charge is -2.36. The minimum atomic E-state index is -0.435. The van der Waals surface area contributed by atoms with Crippen LogP contribution in [0.4, 0.5) is 4.79 Å². The highest BCUT2D eigenvalue weighted by atomic mass is 16.6. The van der Waals surface area contributed by atoms with Gasteiger partial charge in [0.25, 0.3) is 0 Å². The average Bonchev–Trinajstić information content (AvgIpc) is 3.08. The average molecular weight is 367 g/mol. The highest BCUT2D eigenvalue weighted by molar-refractivity contribution is 5.78. The molecule has 2 amide bonds. The molecule has 0 unspecified atom stereocenters. The van der Waals surface area contributed by atoms with Gasteiger partial charge in [0.2, 0.25) is 5.91 Å². The smallest absolute Gasteiger partial charge is 0.410 e. The van der Waals surface area contributed by atoms with Crippen molar-refractivity contribution < 1.29 is 14.3 Å². The van der Waals surface area contributed by atoms with Gasteiger partial charge in [-0.05, 0) is 58.3 Å². The van der Waals surface area contributed by atoms with E-state index in [1.165, 1.54) is 0 Å². The Labute approximate surface area is 159 Å². The summed E-state index contributed by atoms with van der Waals surface area (Å²) in [5.41, 5.74) is -0.435. The fourth-order valence-corrected chi connectivity index (χ4v) is 4.20. The van der Waals surface area contributed by atoms with Crippen LogP contribution in [0, 0.1) is 17.8 Å². The maximum atomic E-state index is 12.6. The number of rotatable bonds is 5. The van der Waals surface area contributed by atoms with Gasteiger partial charge < -0.3 is 14.5 Å². The van der Waals surface area contributed by atoms with Gasteiger partial charge in [-0.25, -0.2) is 4.79 Å². The number of likely N-dealkylation sites (tertiary alicyclic amines) is 2. The zero-order valence-corrected chi connectivity index (χ0v) is 17.4. The van der Waals surface area contributed by atoms with Gasteiger partial charge in [0.1, 0.15) is 5.60 Å². The number of hydrogen-bond acceptors (Lipinski definition) is 3. The molecule has 0 aromatic heterocycles. The van der Waals surface area contributed by atoms with E-state index in [9.17, 15) is 9.59 Å². The number of amides is 2. The summed E-state index contributed by atoms with van der Waals surface area (Å²) >= 11 is 0. The van der Waals surface area contributed by atoms with E-state index in [2.05, 4.69) is 18.7 Å². The molecule has 0 radical (unpaired) electrons. The Bertz CT molecular complexity index is 478. The predicted octanol–water partition coefficient (Wildman–Crippen LogP) is 4.31. The molecule has 5 nitrogen and oxygen atoms in total. The molecule has 0 aromatic rings. The minimum Gasteiger partial charge on any atom is -0.444 e. The second kappa shape index (κ2) is 9.09. The second-order valence-corrected chi connectivity index (χ2v) is 9.18. The Morgan fingerprint density at radius 2 is 1.62 bits per heavy atom. The van der Waals surface area contributed by atoms with Gasteiger partial charge in [-0.2, -0.15) is 0 Å². The SMILES string of the molecule is CCCC[C@H](C)C(=O)N1CCC([C@@H]2CCN(C(=O)OC(C)(C)C)C2)CC1. The van der Waals surface area contributed by atoms with Crippen molar-refractivity contribution in [3.05, 3.63) is 0 Å². The molecule has 2 rings (SSSR count). The van der Waals surface area contributed by atoms with Crippen molar-refractivity contribution in [3.63, 3.8) is 0 Å². The van der Waals surface area contributed by atoms with Crippen LogP contribution in [0.3, 0.4) is 0 Å². The van der Waals surface area contributed by atoms with E-state index in [1.54, 1.807) is 0 Å². The molecule has 0 aromatic carbocycles. The third-order valence-electron chi connectivity index (χ3n) is 5.81. The minimum absolute atomic E-state index is 0.153. The fraction of sp³-hybridized carbons (Fsp3) is 0.905. The molecule has 2 heterocycles. The van der Waals surface area contributed by atoms with Crippen molar-refractivity contribution in [1.29, 1.82) is 0 Å². The molecule has 0 spiro atoms. The number of nitrogens with zero attached hydrogens (tertiary/aromatic N) is 2. The Morgan fingerprint density at radius 1 is 1.04 bits per heavy atom. The molecule has 5 heteroatoms. The Hall–Kier alpha value is -1.26. The number of carbonyl (C=O) groups excluding carboxylic acids is 2. The molecule has 2 atom stereocenters. The van der Waals surface area contributed by atoms with Crippen LogP contribution in [0.15, 0.2) is 0 Å². The topological polar surface area (TPSA) is 49.9 Å². The van der Waals surface area contributed by atoms with Crippen LogP contribution < -0.4 is 0 Å². The van der Waals surface area contributed by atoms with Crippen molar-refractivity contribution in [1.82, 2.24) is 9.80 Å². The molecule has 0 saturated carbocycles. The molecular formula is C21H38N2O3. The maximum absolute atomic E-state index is 12.6. The van der Waals surface area contributed by atoms with Crippen molar-refractivity contribution in [3.8, 4) is 0 Å². The third kappa shape index (κ3) is 5.88. The lowest BCUT2D eigenvalue weighted by atomic mass is 9.83. The van der Waals surface area contributed by atoms with E-state index >= 15 is 0 Å². The number of unbranched alkanes of at least 4 members (excludes halogenated alkanes) is 1. The van der Waals surface area contributed by atoms with Crippen LogP contribution >= 0.6 is 0 Å². The predicted molar refractivity (Wildman–Crippen MR) is 104 cm³/mol. The van der Waals surface area contributed by atoms with E-state index in [4.69, 9.17) is 4.74 Å². The number of piperidine rings is 1. The monoisotopic (exact) mass is 366 g/mol. The first-order valence-electron chi connectivity index (χ1n) is 10.5. The first kappa shape index (κ1) is 21.0. The highest BCUT2D eigenvalue weighted by Gasteiger charge is 2.36. The summed E-state index contributed by atoms with van der Waals surface area (Å²) in [6.45, 7) is 13.3. The van der Waals surface area contributed by atoms with Gasteiger partial charge in [0.15, 0.2) is 0 Å². The summed E-state index contributed by atoms with van der Waals surface area (Å²) in [7, 11) is 0. The number of hydrogen-bond donors (Lipinski definition) is 0. The van der Waals surface area contributed by atoms with Crippen molar-refractivity contribution >= 4 is 12.0 Å². The van der Waals surface area contributed by atoms with E-state index in [1.807, 2.05) is 25.7 Å². The van der Waals surface area contributed by atoms with Crippen LogP contribution in [-0.2, 0) is 9.53 Å². The molecule has 0 aliphatic carbocycles. The molecule has 26 heavy (non-hydrogen) atoms. The zero-order chi connectivity index (χ0) is 19.3. The number of carbonyl (C=O) groups is 2. The van der Waals surface area contributed by atoms with E-state index < -0.39 is 5.60 Å². The molecule has 0 N–H and O–H groups in total. The summed E-state index contributed by atoms with van der Waals surface area (Å²) in [6, 6.07) is 0. The summed E-state index contributed by atoms with van der Waals surface area (Å²) in [4.78, 5) is 28.7.